The first-order valence-electron chi connectivity index (χ1n) is 3.35. The Labute approximate surface area is 63.1 Å². The van der Waals surface area contributed by atoms with E-state index in [-0.39, 0.29) is 0 Å². The molecular weight excluding hydrogens is 150 g/mol. The van der Waals surface area contributed by atoms with E-state index < -0.39 is 23.9 Å². The highest BCUT2D eigenvalue weighted by Crippen LogP contribution is 2.16. The van der Waals surface area contributed by atoms with Crippen LogP contribution in [0.25, 0.3) is 0 Å². The van der Waals surface area contributed by atoms with Gasteiger partial charge in [0, 0.05) is 6.42 Å². The highest BCUT2D eigenvalue weighted by molar-refractivity contribution is 5.83. The summed E-state index contributed by atoms with van der Waals surface area (Å²) in [7, 11) is 0. The molecule has 1 aliphatic rings. The third-order valence-electron chi connectivity index (χ3n) is 1.78. The van der Waals surface area contributed by atoms with Crippen LogP contribution in [-0.2, 0) is 14.3 Å². The van der Waals surface area contributed by atoms with Gasteiger partial charge in [0.25, 0.3) is 0 Å². The SMILES string of the molecule is [NH3+]C(C(=O)O)C1CCOC1=O. The number of aliphatic carboxylic acids is 1. The zero-order valence-electron chi connectivity index (χ0n) is 5.95. The van der Waals surface area contributed by atoms with Crippen LogP contribution in [0.15, 0.2) is 0 Å². The Morgan fingerprint density at radius 1 is 1.82 bits per heavy atom. The van der Waals surface area contributed by atoms with Crippen molar-refractivity contribution < 1.29 is 25.2 Å². The van der Waals surface area contributed by atoms with Crippen molar-refractivity contribution >= 4 is 11.9 Å². The molecule has 2 atom stereocenters. The maximum Gasteiger partial charge on any atom is 0.363 e. The van der Waals surface area contributed by atoms with E-state index in [1.807, 2.05) is 0 Å². The van der Waals surface area contributed by atoms with Gasteiger partial charge < -0.3 is 15.6 Å². The summed E-state index contributed by atoms with van der Waals surface area (Å²) in [6.07, 6.45) is 0.472. The average Bonchev–Trinajstić information content (AvgIpc) is 2.33. The van der Waals surface area contributed by atoms with Crippen molar-refractivity contribution in [1.82, 2.24) is 0 Å². The van der Waals surface area contributed by atoms with Crippen LogP contribution >= 0.6 is 0 Å². The number of carbonyl (C=O) groups is 2. The second-order valence-electron chi connectivity index (χ2n) is 2.51. The molecule has 4 N–H and O–H groups in total. The predicted octanol–water partition coefficient (Wildman–Crippen LogP) is -1.76. The number of quaternary nitrogens is 1. The van der Waals surface area contributed by atoms with E-state index in [4.69, 9.17) is 5.11 Å². The summed E-state index contributed by atoms with van der Waals surface area (Å²) in [5.41, 5.74) is 3.37. The summed E-state index contributed by atoms with van der Waals surface area (Å²) >= 11 is 0. The molecule has 1 heterocycles. The van der Waals surface area contributed by atoms with Crippen LogP contribution < -0.4 is 5.73 Å². The van der Waals surface area contributed by atoms with Crippen molar-refractivity contribution in [2.45, 2.75) is 12.5 Å². The fourth-order valence-electron chi connectivity index (χ4n) is 1.05. The van der Waals surface area contributed by atoms with Crippen LogP contribution in [0, 0.1) is 5.92 Å². The lowest BCUT2D eigenvalue weighted by Crippen LogP contribution is -2.69. The van der Waals surface area contributed by atoms with E-state index in [0.29, 0.717) is 13.0 Å². The first kappa shape index (κ1) is 8.00. The molecule has 0 aliphatic carbocycles. The zero-order chi connectivity index (χ0) is 8.43. The molecule has 0 aromatic rings. The van der Waals surface area contributed by atoms with E-state index in [1.54, 1.807) is 0 Å². The standard InChI is InChI=1S/C6H9NO4/c7-4(5(8)9)3-1-2-11-6(3)10/h3-4H,1-2,7H2,(H,8,9)/p+1. The molecule has 62 valence electrons. The van der Waals surface area contributed by atoms with Gasteiger partial charge in [0.1, 0.15) is 5.92 Å². The average molecular weight is 160 g/mol. The van der Waals surface area contributed by atoms with Gasteiger partial charge in [0.05, 0.1) is 6.61 Å². The first-order valence-corrected chi connectivity index (χ1v) is 3.35. The molecule has 0 aromatic carbocycles. The highest BCUT2D eigenvalue weighted by Gasteiger charge is 2.38. The minimum absolute atomic E-state index is 0.322. The van der Waals surface area contributed by atoms with Crippen LogP contribution in [0.1, 0.15) is 6.42 Å². The van der Waals surface area contributed by atoms with Gasteiger partial charge in [-0.25, -0.2) is 4.79 Å². The Bertz CT molecular complexity index is 191. The van der Waals surface area contributed by atoms with Crippen LogP contribution in [0.4, 0.5) is 0 Å². The molecule has 2 unspecified atom stereocenters. The Morgan fingerprint density at radius 3 is 2.82 bits per heavy atom. The molecule has 1 rings (SSSR count). The normalized spacial score (nSPS) is 26.3. The van der Waals surface area contributed by atoms with Gasteiger partial charge in [-0.3, -0.25) is 4.79 Å². The highest BCUT2D eigenvalue weighted by atomic mass is 16.5. The summed E-state index contributed by atoms with van der Waals surface area (Å²) in [6.45, 7) is 0.322. The number of hydrogen-bond donors (Lipinski definition) is 2. The smallest absolute Gasteiger partial charge is 0.363 e. The molecule has 1 saturated heterocycles. The van der Waals surface area contributed by atoms with Crippen LogP contribution in [-0.4, -0.2) is 29.7 Å². The maximum atomic E-state index is 10.8. The summed E-state index contributed by atoms with van der Waals surface area (Å²) in [5, 5.41) is 8.49. The third kappa shape index (κ3) is 1.48. The van der Waals surface area contributed by atoms with Gasteiger partial charge in [-0.1, -0.05) is 0 Å². The van der Waals surface area contributed by atoms with Crippen molar-refractivity contribution in [1.29, 1.82) is 0 Å². The fourth-order valence-corrected chi connectivity index (χ4v) is 1.05. The van der Waals surface area contributed by atoms with E-state index in [0.717, 1.165) is 0 Å². The summed E-state index contributed by atoms with van der Waals surface area (Å²) < 4.78 is 4.59. The number of carbonyl (C=O) groups excluding carboxylic acids is 1. The van der Waals surface area contributed by atoms with Gasteiger partial charge in [-0.05, 0) is 0 Å². The molecule has 0 amide bonds. The molecule has 0 saturated carbocycles. The minimum Gasteiger partial charge on any atom is -0.477 e. The molecule has 0 spiro atoms. The first-order chi connectivity index (χ1) is 5.13. The molecule has 5 heteroatoms. The number of carboxylic acid groups (broad SMARTS) is 1. The Hall–Kier alpha value is -1.10. The molecule has 0 aromatic heterocycles. The monoisotopic (exact) mass is 160 g/mol. The summed E-state index contributed by atoms with van der Waals surface area (Å²) in [4.78, 5) is 21.2. The zero-order valence-corrected chi connectivity index (χ0v) is 5.95. The van der Waals surface area contributed by atoms with Crippen molar-refractivity contribution in [3.63, 3.8) is 0 Å². The quantitative estimate of drug-likeness (QED) is 0.468. The van der Waals surface area contributed by atoms with Crippen LogP contribution in [0.3, 0.4) is 0 Å². The maximum absolute atomic E-state index is 10.8. The third-order valence-corrected chi connectivity index (χ3v) is 1.78. The van der Waals surface area contributed by atoms with E-state index in [2.05, 4.69) is 10.5 Å². The van der Waals surface area contributed by atoms with Crippen LogP contribution in [0.5, 0.6) is 0 Å². The van der Waals surface area contributed by atoms with Gasteiger partial charge in [0.15, 0.2) is 6.04 Å². The van der Waals surface area contributed by atoms with Gasteiger partial charge in [-0.15, -0.1) is 0 Å². The summed E-state index contributed by atoms with van der Waals surface area (Å²) in [6, 6.07) is -0.870. The number of esters is 1. The predicted molar refractivity (Wildman–Crippen MR) is 33.4 cm³/mol. The van der Waals surface area contributed by atoms with Gasteiger partial charge in [-0.2, -0.15) is 0 Å². The molecule has 5 nitrogen and oxygen atoms in total. The number of cyclic esters (lactones) is 1. The Morgan fingerprint density at radius 2 is 2.45 bits per heavy atom. The molecule has 0 radical (unpaired) electrons. The number of ether oxygens (including phenoxy) is 1. The van der Waals surface area contributed by atoms with Crippen molar-refractivity contribution in [3.8, 4) is 0 Å². The lowest BCUT2D eigenvalue weighted by Gasteiger charge is -2.05. The molecule has 0 bridgehead atoms. The Balaban J connectivity index is 2.59. The summed E-state index contributed by atoms with van der Waals surface area (Å²) in [5.74, 6) is -2.03. The topological polar surface area (TPSA) is 91.2 Å². The fraction of sp³-hybridized carbons (Fsp3) is 0.667. The van der Waals surface area contributed by atoms with Crippen molar-refractivity contribution in [2.24, 2.45) is 5.92 Å². The number of rotatable bonds is 2. The van der Waals surface area contributed by atoms with Crippen molar-refractivity contribution in [3.05, 3.63) is 0 Å². The largest absolute Gasteiger partial charge is 0.477 e. The van der Waals surface area contributed by atoms with E-state index in [9.17, 15) is 9.59 Å². The van der Waals surface area contributed by atoms with Gasteiger partial charge >= 0.3 is 11.9 Å². The number of carboxylic acids is 1. The van der Waals surface area contributed by atoms with E-state index >= 15 is 0 Å². The molecule has 1 aliphatic heterocycles. The second-order valence-corrected chi connectivity index (χ2v) is 2.51. The van der Waals surface area contributed by atoms with Gasteiger partial charge in [0.2, 0.25) is 0 Å². The minimum atomic E-state index is -1.05. The Kier molecular flexibility index (Phi) is 2.09. The van der Waals surface area contributed by atoms with E-state index in [1.165, 1.54) is 0 Å². The van der Waals surface area contributed by atoms with Crippen LogP contribution in [0.2, 0.25) is 0 Å². The van der Waals surface area contributed by atoms with Crippen molar-refractivity contribution in [2.75, 3.05) is 6.61 Å². The lowest BCUT2D eigenvalue weighted by molar-refractivity contribution is -0.416. The second kappa shape index (κ2) is 2.87. The molecule has 1 fully saturated rings. The molecular formula is C6H10NO4+. The molecule has 11 heavy (non-hydrogen) atoms. The lowest BCUT2D eigenvalue weighted by atomic mass is 10.00. The number of hydrogen-bond acceptors (Lipinski definition) is 3.